The van der Waals surface area contributed by atoms with E-state index in [2.05, 4.69) is 5.92 Å². The van der Waals surface area contributed by atoms with Gasteiger partial charge in [0.05, 0.1) is 5.02 Å². The Balaban J connectivity index is 2.50. The largest absolute Gasteiger partial charge is 0.480 e. The topological polar surface area (TPSA) is 9.23 Å². The molecule has 0 aromatic heterocycles. The molecule has 0 atom stereocenters. The van der Waals surface area contributed by atoms with Crippen LogP contribution in [-0.4, -0.2) is 6.61 Å². The van der Waals surface area contributed by atoms with Gasteiger partial charge in [-0.15, -0.1) is 6.42 Å². The summed E-state index contributed by atoms with van der Waals surface area (Å²) in [7, 11) is 0. The molecule has 0 fully saturated rings. The van der Waals surface area contributed by atoms with Gasteiger partial charge in [0, 0.05) is 11.1 Å². The Morgan fingerprint density at radius 3 is 2.61 bits per heavy atom. The third-order valence-corrected chi connectivity index (χ3v) is 2.73. The number of benzene rings is 2. The second-order valence-corrected chi connectivity index (χ2v) is 4.00. The highest BCUT2D eigenvalue weighted by Crippen LogP contribution is 2.33. The number of hydrogen-bond acceptors (Lipinski definition) is 1. The monoisotopic (exact) mass is 260 g/mol. The Hall–Kier alpha value is -1.98. The molecule has 2 aromatic rings. The number of para-hydroxylation sites is 1. The van der Waals surface area contributed by atoms with Gasteiger partial charge in [0.2, 0.25) is 0 Å². The predicted octanol–water partition coefficient (Wildman–Crippen LogP) is 4.16. The quantitative estimate of drug-likeness (QED) is 0.753. The van der Waals surface area contributed by atoms with Crippen molar-refractivity contribution in [2.24, 2.45) is 0 Å². The minimum Gasteiger partial charge on any atom is -0.480 e. The molecule has 2 rings (SSSR count). The van der Waals surface area contributed by atoms with Crippen LogP contribution in [0.25, 0.3) is 11.1 Å². The zero-order valence-corrected chi connectivity index (χ0v) is 10.2. The molecule has 0 aliphatic carbocycles. The van der Waals surface area contributed by atoms with Crippen molar-refractivity contribution >= 4 is 11.6 Å². The molecule has 1 nitrogen and oxygen atoms in total. The van der Waals surface area contributed by atoms with E-state index in [1.807, 2.05) is 0 Å². The molecule has 0 spiro atoms. The first-order chi connectivity index (χ1) is 8.74. The van der Waals surface area contributed by atoms with Crippen LogP contribution in [0.5, 0.6) is 5.75 Å². The number of terminal acetylenes is 1. The highest BCUT2D eigenvalue weighted by atomic mass is 35.5. The average Bonchev–Trinajstić information content (AvgIpc) is 2.40. The van der Waals surface area contributed by atoms with Gasteiger partial charge in [-0.1, -0.05) is 47.9 Å². The maximum absolute atomic E-state index is 14.0. The first kappa shape index (κ1) is 12.5. The maximum Gasteiger partial charge on any atom is 0.149 e. The highest BCUT2D eigenvalue weighted by Gasteiger charge is 2.12. The van der Waals surface area contributed by atoms with Crippen LogP contribution in [0.2, 0.25) is 5.02 Å². The summed E-state index contributed by atoms with van der Waals surface area (Å²) in [6, 6.07) is 12.0. The van der Waals surface area contributed by atoms with Crippen LogP contribution >= 0.6 is 11.6 Å². The fourth-order valence-corrected chi connectivity index (χ4v) is 1.82. The minimum atomic E-state index is -0.462. The molecule has 3 heteroatoms. The lowest BCUT2D eigenvalue weighted by Crippen LogP contribution is -1.96. The van der Waals surface area contributed by atoms with Gasteiger partial charge in [-0.2, -0.15) is 0 Å². The van der Waals surface area contributed by atoms with E-state index in [4.69, 9.17) is 22.8 Å². The average molecular weight is 261 g/mol. The molecular weight excluding hydrogens is 251 g/mol. The van der Waals surface area contributed by atoms with Crippen molar-refractivity contribution in [3.8, 4) is 29.2 Å². The van der Waals surface area contributed by atoms with Gasteiger partial charge in [-0.05, 0) is 12.1 Å². The van der Waals surface area contributed by atoms with Crippen molar-refractivity contribution in [2.45, 2.75) is 0 Å². The molecule has 0 unspecified atom stereocenters. The molecule has 0 aliphatic heterocycles. The molecule has 18 heavy (non-hydrogen) atoms. The lowest BCUT2D eigenvalue weighted by molar-refractivity contribution is 0.371. The zero-order valence-electron chi connectivity index (χ0n) is 9.49. The van der Waals surface area contributed by atoms with E-state index in [9.17, 15) is 4.39 Å². The highest BCUT2D eigenvalue weighted by molar-refractivity contribution is 6.31. The number of ether oxygens (including phenoxy) is 1. The van der Waals surface area contributed by atoms with Crippen molar-refractivity contribution < 1.29 is 9.13 Å². The summed E-state index contributed by atoms with van der Waals surface area (Å²) in [6.45, 7) is 0.138. The molecule has 0 N–H and O–H groups in total. The first-order valence-electron chi connectivity index (χ1n) is 5.33. The van der Waals surface area contributed by atoms with E-state index in [1.54, 1.807) is 36.4 Å². The maximum atomic E-state index is 14.0. The summed E-state index contributed by atoms with van der Waals surface area (Å²) in [6.07, 6.45) is 5.15. The van der Waals surface area contributed by atoms with E-state index >= 15 is 0 Å². The summed E-state index contributed by atoms with van der Waals surface area (Å²) < 4.78 is 19.4. The van der Waals surface area contributed by atoms with Gasteiger partial charge >= 0.3 is 0 Å². The molecular formula is C15H10ClFO. The van der Waals surface area contributed by atoms with Gasteiger partial charge < -0.3 is 4.74 Å². The van der Waals surface area contributed by atoms with Crippen molar-refractivity contribution in [1.29, 1.82) is 0 Å². The number of rotatable bonds is 3. The molecule has 0 heterocycles. The first-order valence-corrected chi connectivity index (χ1v) is 5.71. The molecule has 0 saturated heterocycles. The Kier molecular flexibility index (Phi) is 3.86. The zero-order chi connectivity index (χ0) is 13.0. The Morgan fingerprint density at radius 1 is 1.11 bits per heavy atom. The molecule has 0 radical (unpaired) electrons. The van der Waals surface area contributed by atoms with Crippen LogP contribution in [0.15, 0.2) is 42.5 Å². The third kappa shape index (κ3) is 2.47. The second-order valence-electron chi connectivity index (χ2n) is 3.59. The lowest BCUT2D eigenvalue weighted by Gasteiger charge is -2.10. The summed E-state index contributed by atoms with van der Waals surface area (Å²) in [5.74, 6) is 2.46. The molecule has 0 saturated carbocycles. The fraction of sp³-hybridized carbons (Fsp3) is 0.0667. The van der Waals surface area contributed by atoms with Crippen LogP contribution < -0.4 is 4.74 Å². The summed E-state index contributed by atoms with van der Waals surface area (Å²) in [4.78, 5) is 0. The van der Waals surface area contributed by atoms with Crippen LogP contribution in [0.3, 0.4) is 0 Å². The van der Waals surface area contributed by atoms with Gasteiger partial charge in [-0.3, -0.25) is 0 Å². The van der Waals surface area contributed by atoms with Crippen molar-refractivity contribution in [1.82, 2.24) is 0 Å². The minimum absolute atomic E-state index is 0.0826. The van der Waals surface area contributed by atoms with E-state index in [0.29, 0.717) is 16.9 Å². The third-order valence-electron chi connectivity index (χ3n) is 2.44. The van der Waals surface area contributed by atoms with E-state index in [-0.39, 0.29) is 11.6 Å². The van der Waals surface area contributed by atoms with Crippen LogP contribution in [0.1, 0.15) is 0 Å². The van der Waals surface area contributed by atoms with Crippen molar-refractivity contribution in [2.75, 3.05) is 6.61 Å². The normalized spacial score (nSPS) is 9.83. The molecule has 2 aromatic carbocycles. The van der Waals surface area contributed by atoms with Gasteiger partial charge in [0.1, 0.15) is 18.2 Å². The Bertz CT molecular complexity index is 602. The summed E-state index contributed by atoms with van der Waals surface area (Å²) >= 11 is 5.77. The van der Waals surface area contributed by atoms with Crippen molar-refractivity contribution in [3.05, 3.63) is 53.3 Å². The van der Waals surface area contributed by atoms with Crippen molar-refractivity contribution in [3.63, 3.8) is 0 Å². The van der Waals surface area contributed by atoms with Crippen LogP contribution in [-0.2, 0) is 0 Å². The fourth-order valence-electron chi connectivity index (χ4n) is 1.65. The van der Waals surface area contributed by atoms with Gasteiger partial charge in [0.25, 0.3) is 0 Å². The van der Waals surface area contributed by atoms with Gasteiger partial charge in [0.15, 0.2) is 0 Å². The molecule has 0 amide bonds. The number of halogens is 2. The summed E-state index contributed by atoms with van der Waals surface area (Å²) in [5, 5.41) is 0.0826. The summed E-state index contributed by atoms with van der Waals surface area (Å²) in [5.41, 5.74) is 1.03. The molecule has 0 bridgehead atoms. The number of hydrogen-bond donors (Lipinski definition) is 0. The SMILES string of the molecule is C#CCOc1ccccc1-c1cccc(Cl)c1F. The lowest BCUT2D eigenvalue weighted by atomic mass is 10.0. The smallest absolute Gasteiger partial charge is 0.149 e. The van der Waals surface area contributed by atoms with E-state index < -0.39 is 5.82 Å². The van der Waals surface area contributed by atoms with E-state index in [1.165, 1.54) is 6.07 Å². The second kappa shape index (κ2) is 5.57. The standard InChI is InChI=1S/C15H10ClFO/c1-2-10-18-14-9-4-3-6-11(14)12-7-5-8-13(16)15(12)17/h1,3-9H,10H2. The Morgan fingerprint density at radius 2 is 1.83 bits per heavy atom. The van der Waals surface area contributed by atoms with E-state index in [0.717, 1.165) is 0 Å². The predicted molar refractivity (Wildman–Crippen MR) is 71.2 cm³/mol. The molecule has 0 aliphatic rings. The van der Waals surface area contributed by atoms with Crippen LogP contribution in [0, 0.1) is 18.2 Å². The Labute approximate surface area is 110 Å². The molecule has 90 valence electrons. The van der Waals surface area contributed by atoms with Crippen LogP contribution in [0.4, 0.5) is 4.39 Å². The van der Waals surface area contributed by atoms with Gasteiger partial charge in [-0.25, -0.2) is 4.39 Å².